The quantitative estimate of drug-likeness (QED) is 0.671. The number of imidazole rings is 1. The maximum Gasteiger partial charge on any atom is 0.272 e. The molecule has 8 heteroatoms. The van der Waals surface area contributed by atoms with Crippen LogP contribution in [-0.2, 0) is 0 Å². The van der Waals surface area contributed by atoms with Crippen LogP contribution in [0, 0.1) is 12.7 Å². The Morgan fingerprint density at radius 3 is 2.68 bits per heavy atom. The second-order valence-electron chi connectivity index (χ2n) is 6.61. The van der Waals surface area contributed by atoms with Gasteiger partial charge in [-0.05, 0) is 50.1 Å². The molecule has 0 bridgehead atoms. The first kappa shape index (κ1) is 19.8. The Bertz CT molecular complexity index is 1060. The molecule has 1 atom stereocenters. The van der Waals surface area contributed by atoms with Gasteiger partial charge >= 0.3 is 0 Å². The van der Waals surface area contributed by atoms with Gasteiger partial charge in [0.2, 0.25) is 0 Å². The molecule has 3 rings (SSSR count). The van der Waals surface area contributed by atoms with Crippen LogP contribution in [-0.4, -0.2) is 27.2 Å². The molecule has 0 radical (unpaired) electrons. The molecule has 0 aliphatic heterocycles. The largest absolute Gasteiger partial charge is 0.348 e. The van der Waals surface area contributed by atoms with Gasteiger partial charge in [-0.1, -0.05) is 24.6 Å². The van der Waals surface area contributed by atoms with Crippen LogP contribution in [0.5, 0.6) is 0 Å². The number of nitrogens with one attached hydrogen (secondary N) is 2. The van der Waals surface area contributed by atoms with E-state index in [-0.39, 0.29) is 34.0 Å². The van der Waals surface area contributed by atoms with Gasteiger partial charge in [0, 0.05) is 17.8 Å². The molecule has 6 nitrogen and oxygen atoms in total. The number of benzene rings is 1. The number of halogens is 2. The SMILES string of the molecule is CCC(C)NC(=O)c1c(NC(=O)c2ccc(F)c(Cl)c2)nc2ccc(C)cn12. The third-order valence-corrected chi connectivity index (χ3v) is 4.67. The monoisotopic (exact) mass is 402 g/mol. The number of hydrogen-bond donors (Lipinski definition) is 2. The number of amides is 2. The van der Waals surface area contributed by atoms with Crippen LogP contribution in [0.1, 0.15) is 46.7 Å². The van der Waals surface area contributed by atoms with Crippen molar-refractivity contribution in [2.45, 2.75) is 33.2 Å². The molecule has 0 saturated heterocycles. The van der Waals surface area contributed by atoms with Crippen LogP contribution in [0.3, 0.4) is 0 Å². The van der Waals surface area contributed by atoms with E-state index in [1.807, 2.05) is 26.8 Å². The molecule has 0 aliphatic rings. The van der Waals surface area contributed by atoms with E-state index < -0.39 is 11.7 Å². The summed E-state index contributed by atoms with van der Waals surface area (Å²) in [6.45, 7) is 5.75. The first-order chi connectivity index (χ1) is 13.3. The molecule has 2 heterocycles. The van der Waals surface area contributed by atoms with Gasteiger partial charge in [-0.2, -0.15) is 0 Å². The van der Waals surface area contributed by atoms with E-state index in [0.29, 0.717) is 5.65 Å². The van der Waals surface area contributed by atoms with Gasteiger partial charge < -0.3 is 10.6 Å². The maximum absolute atomic E-state index is 13.4. The molecular weight excluding hydrogens is 383 g/mol. The summed E-state index contributed by atoms with van der Waals surface area (Å²) in [6.07, 6.45) is 2.54. The average molecular weight is 403 g/mol. The molecular formula is C20H20ClFN4O2. The molecule has 28 heavy (non-hydrogen) atoms. The zero-order chi connectivity index (χ0) is 20.4. The lowest BCUT2D eigenvalue weighted by atomic mass is 10.2. The fraction of sp³-hybridized carbons (Fsp3) is 0.250. The Morgan fingerprint density at radius 1 is 1.25 bits per heavy atom. The summed E-state index contributed by atoms with van der Waals surface area (Å²) in [6, 6.07) is 7.24. The van der Waals surface area contributed by atoms with Crippen molar-refractivity contribution in [3.05, 3.63) is 64.2 Å². The van der Waals surface area contributed by atoms with Gasteiger partial charge in [-0.15, -0.1) is 0 Å². The highest BCUT2D eigenvalue weighted by molar-refractivity contribution is 6.31. The minimum absolute atomic E-state index is 0.0395. The molecule has 1 unspecified atom stereocenters. The number of rotatable bonds is 5. The molecule has 0 aliphatic carbocycles. The molecule has 3 aromatic rings. The first-order valence-electron chi connectivity index (χ1n) is 8.86. The number of hydrogen-bond acceptors (Lipinski definition) is 3. The Labute approximate surface area is 166 Å². The van der Waals surface area contributed by atoms with E-state index >= 15 is 0 Å². The summed E-state index contributed by atoms with van der Waals surface area (Å²) < 4.78 is 15.0. The minimum atomic E-state index is -0.616. The summed E-state index contributed by atoms with van der Waals surface area (Å²) in [4.78, 5) is 29.8. The number of nitrogens with zero attached hydrogens (tertiary/aromatic N) is 2. The van der Waals surface area contributed by atoms with Crippen molar-refractivity contribution in [3.8, 4) is 0 Å². The minimum Gasteiger partial charge on any atom is -0.348 e. The molecule has 0 fully saturated rings. The van der Waals surface area contributed by atoms with Crippen molar-refractivity contribution < 1.29 is 14.0 Å². The Hall–Kier alpha value is -2.93. The van der Waals surface area contributed by atoms with E-state index in [1.165, 1.54) is 12.1 Å². The molecule has 2 aromatic heterocycles. The van der Waals surface area contributed by atoms with Gasteiger partial charge in [-0.25, -0.2) is 9.37 Å². The normalized spacial score (nSPS) is 12.0. The topological polar surface area (TPSA) is 75.5 Å². The first-order valence-corrected chi connectivity index (χ1v) is 9.24. The highest BCUT2D eigenvalue weighted by Crippen LogP contribution is 2.21. The molecule has 0 spiro atoms. The maximum atomic E-state index is 13.4. The Kier molecular flexibility index (Phi) is 5.65. The summed E-state index contributed by atoms with van der Waals surface area (Å²) in [5.41, 5.74) is 1.84. The van der Waals surface area contributed by atoms with E-state index in [9.17, 15) is 14.0 Å². The zero-order valence-corrected chi connectivity index (χ0v) is 16.5. The van der Waals surface area contributed by atoms with E-state index in [1.54, 1.807) is 16.7 Å². The Balaban J connectivity index is 2.01. The standard InChI is InChI=1S/C20H20ClFN4O2/c1-4-12(3)23-20(28)17-18(24-16-8-5-11(2)10-26(16)17)25-19(27)13-6-7-15(22)14(21)9-13/h5-10,12H,4H2,1-3H3,(H,23,28)(H,25,27). The average Bonchev–Trinajstić information content (AvgIpc) is 3.00. The fourth-order valence-electron chi connectivity index (χ4n) is 2.67. The molecule has 2 amide bonds. The van der Waals surface area contributed by atoms with E-state index in [0.717, 1.165) is 18.1 Å². The van der Waals surface area contributed by atoms with Gasteiger partial charge in [0.25, 0.3) is 11.8 Å². The van der Waals surface area contributed by atoms with Crippen LogP contribution in [0.15, 0.2) is 36.5 Å². The predicted octanol–water partition coefficient (Wildman–Crippen LogP) is 4.22. The van der Waals surface area contributed by atoms with Crippen LogP contribution in [0.4, 0.5) is 10.2 Å². The number of fused-ring (bicyclic) bond motifs is 1. The summed E-state index contributed by atoms with van der Waals surface area (Å²) in [5, 5.41) is 5.37. The van der Waals surface area contributed by atoms with Crippen LogP contribution in [0.2, 0.25) is 5.02 Å². The predicted molar refractivity (Wildman–Crippen MR) is 107 cm³/mol. The summed E-state index contributed by atoms with van der Waals surface area (Å²) in [7, 11) is 0. The smallest absolute Gasteiger partial charge is 0.272 e. The number of carbonyl (C=O) groups is 2. The van der Waals surface area contributed by atoms with Crippen LogP contribution >= 0.6 is 11.6 Å². The Morgan fingerprint density at radius 2 is 2.00 bits per heavy atom. The lowest BCUT2D eigenvalue weighted by Crippen LogP contribution is -2.33. The summed E-state index contributed by atoms with van der Waals surface area (Å²) in [5.74, 6) is -1.38. The van der Waals surface area contributed by atoms with Crippen molar-refractivity contribution in [1.29, 1.82) is 0 Å². The van der Waals surface area contributed by atoms with Crippen LogP contribution < -0.4 is 10.6 Å². The number of anilines is 1. The number of aromatic nitrogens is 2. The van der Waals surface area contributed by atoms with Crippen LogP contribution in [0.25, 0.3) is 5.65 Å². The number of carbonyl (C=O) groups excluding carboxylic acids is 2. The third-order valence-electron chi connectivity index (χ3n) is 4.39. The molecule has 0 saturated carbocycles. The van der Waals surface area contributed by atoms with Crippen molar-refractivity contribution in [2.75, 3.05) is 5.32 Å². The second-order valence-corrected chi connectivity index (χ2v) is 7.02. The highest BCUT2D eigenvalue weighted by Gasteiger charge is 2.22. The van der Waals surface area contributed by atoms with Crippen molar-refractivity contribution in [2.24, 2.45) is 0 Å². The highest BCUT2D eigenvalue weighted by atomic mass is 35.5. The molecule has 2 N–H and O–H groups in total. The lowest BCUT2D eigenvalue weighted by Gasteiger charge is -2.12. The zero-order valence-electron chi connectivity index (χ0n) is 15.7. The van der Waals surface area contributed by atoms with Gasteiger partial charge in [-0.3, -0.25) is 14.0 Å². The fourth-order valence-corrected chi connectivity index (χ4v) is 2.85. The van der Waals surface area contributed by atoms with Gasteiger partial charge in [0.1, 0.15) is 11.5 Å². The number of pyridine rings is 1. The van der Waals surface area contributed by atoms with E-state index in [4.69, 9.17) is 11.6 Å². The van der Waals surface area contributed by atoms with Crippen molar-refractivity contribution in [3.63, 3.8) is 0 Å². The summed E-state index contributed by atoms with van der Waals surface area (Å²) >= 11 is 5.76. The second kappa shape index (κ2) is 7.98. The van der Waals surface area contributed by atoms with Gasteiger partial charge in [0.05, 0.1) is 5.02 Å². The lowest BCUT2D eigenvalue weighted by molar-refractivity contribution is 0.0934. The number of aryl methyl sites for hydroxylation is 1. The van der Waals surface area contributed by atoms with Gasteiger partial charge in [0.15, 0.2) is 11.5 Å². The third kappa shape index (κ3) is 3.99. The van der Waals surface area contributed by atoms with E-state index in [2.05, 4.69) is 15.6 Å². The molecule has 146 valence electrons. The van der Waals surface area contributed by atoms with Crippen molar-refractivity contribution >= 4 is 34.9 Å². The van der Waals surface area contributed by atoms with Crippen molar-refractivity contribution in [1.82, 2.24) is 14.7 Å². The molecule has 1 aromatic carbocycles.